The van der Waals surface area contributed by atoms with Crippen molar-refractivity contribution in [3.63, 3.8) is 0 Å². The van der Waals surface area contributed by atoms with Gasteiger partial charge in [-0.25, -0.2) is 4.68 Å². The number of aryl methyl sites for hydroxylation is 2. The minimum atomic E-state index is -0.0786. The van der Waals surface area contributed by atoms with Crippen LogP contribution in [0.1, 0.15) is 24.2 Å². The van der Waals surface area contributed by atoms with Crippen LogP contribution < -0.4 is 10.5 Å². The van der Waals surface area contributed by atoms with Crippen LogP contribution in [0.4, 0.5) is 5.69 Å². The molecule has 0 unspecified atom stereocenters. The van der Waals surface area contributed by atoms with E-state index in [2.05, 4.69) is 31.0 Å². The Labute approximate surface area is 131 Å². The fourth-order valence-electron chi connectivity index (χ4n) is 2.68. The third kappa shape index (κ3) is 2.74. The summed E-state index contributed by atoms with van der Waals surface area (Å²) in [7, 11) is 1.87. The van der Waals surface area contributed by atoms with Crippen molar-refractivity contribution in [3.05, 3.63) is 38.5 Å². The van der Waals surface area contributed by atoms with E-state index in [1.54, 1.807) is 16.9 Å². The zero-order valence-corrected chi connectivity index (χ0v) is 13.8. The van der Waals surface area contributed by atoms with Gasteiger partial charge >= 0.3 is 0 Å². The number of hydrogen-bond acceptors (Lipinski definition) is 4. The summed E-state index contributed by atoms with van der Waals surface area (Å²) in [5.41, 5.74) is 2.70. The Morgan fingerprint density at radius 2 is 2.05 bits per heavy atom. The largest absolute Gasteiger partial charge is 0.370 e. The van der Waals surface area contributed by atoms with Crippen molar-refractivity contribution < 1.29 is 0 Å². The van der Waals surface area contributed by atoms with Crippen LogP contribution in [0, 0.1) is 6.92 Å². The van der Waals surface area contributed by atoms with Gasteiger partial charge in [-0.15, -0.1) is 0 Å². The van der Waals surface area contributed by atoms with Crippen LogP contribution >= 0.6 is 15.9 Å². The van der Waals surface area contributed by atoms with Crippen molar-refractivity contribution in [2.75, 3.05) is 18.0 Å². The van der Waals surface area contributed by atoms with E-state index < -0.39 is 0 Å². The van der Waals surface area contributed by atoms with Gasteiger partial charge in [-0.3, -0.25) is 9.48 Å². The molecule has 1 saturated heterocycles. The molecule has 0 bridgehead atoms. The van der Waals surface area contributed by atoms with Gasteiger partial charge in [-0.2, -0.15) is 10.2 Å². The molecule has 0 spiro atoms. The Kier molecular flexibility index (Phi) is 3.84. The summed E-state index contributed by atoms with van der Waals surface area (Å²) in [6.07, 6.45) is 4.15. The first kappa shape index (κ1) is 14.3. The SMILES string of the molecule is Cc1nn(C)c(Cn2ncc(N3CCCC3)cc2=O)c1Br. The second kappa shape index (κ2) is 5.63. The lowest BCUT2D eigenvalue weighted by atomic mass is 10.3. The summed E-state index contributed by atoms with van der Waals surface area (Å²) in [6.45, 7) is 4.37. The molecular formula is C14H18BrN5O. The highest BCUT2D eigenvalue weighted by Gasteiger charge is 2.15. The Hall–Kier alpha value is -1.63. The highest BCUT2D eigenvalue weighted by atomic mass is 79.9. The van der Waals surface area contributed by atoms with Gasteiger partial charge in [0.05, 0.1) is 34.3 Å². The average Bonchev–Trinajstić information content (AvgIpc) is 3.05. The van der Waals surface area contributed by atoms with Gasteiger partial charge in [-0.1, -0.05) is 0 Å². The maximum absolute atomic E-state index is 12.3. The van der Waals surface area contributed by atoms with Crippen molar-refractivity contribution in [2.45, 2.75) is 26.3 Å². The highest BCUT2D eigenvalue weighted by Crippen LogP contribution is 2.21. The number of hydrogen-bond donors (Lipinski definition) is 0. The minimum absolute atomic E-state index is 0.0786. The summed E-state index contributed by atoms with van der Waals surface area (Å²) in [4.78, 5) is 14.5. The predicted octanol–water partition coefficient (Wildman–Crippen LogP) is 1.70. The average molecular weight is 352 g/mol. The maximum atomic E-state index is 12.3. The Morgan fingerprint density at radius 3 is 2.62 bits per heavy atom. The van der Waals surface area contributed by atoms with Gasteiger partial charge in [-0.05, 0) is 35.7 Å². The number of nitrogens with zero attached hydrogens (tertiary/aromatic N) is 5. The first-order chi connectivity index (χ1) is 10.1. The fraction of sp³-hybridized carbons (Fsp3) is 0.500. The predicted molar refractivity (Wildman–Crippen MR) is 84.7 cm³/mol. The van der Waals surface area contributed by atoms with Gasteiger partial charge in [0.15, 0.2) is 0 Å². The molecule has 2 aromatic rings. The Morgan fingerprint density at radius 1 is 1.33 bits per heavy atom. The van der Waals surface area contributed by atoms with Gasteiger partial charge in [0.25, 0.3) is 5.56 Å². The molecule has 1 aliphatic heterocycles. The van der Waals surface area contributed by atoms with Crippen molar-refractivity contribution in [3.8, 4) is 0 Å². The molecular weight excluding hydrogens is 334 g/mol. The topological polar surface area (TPSA) is 56.0 Å². The zero-order valence-electron chi connectivity index (χ0n) is 12.2. The molecule has 0 atom stereocenters. The molecule has 0 aliphatic carbocycles. The molecule has 0 aromatic carbocycles. The molecule has 0 radical (unpaired) electrons. The standard InChI is InChI=1S/C14H18BrN5O/c1-10-14(15)12(18(2)17-10)9-20-13(21)7-11(8-16-20)19-5-3-4-6-19/h7-8H,3-6,9H2,1-2H3. The number of anilines is 1. The third-order valence-electron chi connectivity index (χ3n) is 3.89. The molecule has 0 saturated carbocycles. The van der Waals surface area contributed by atoms with Crippen molar-refractivity contribution in [1.82, 2.24) is 19.6 Å². The van der Waals surface area contributed by atoms with Crippen molar-refractivity contribution in [1.29, 1.82) is 0 Å². The van der Waals surface area contributed by atoms with Crippen LogP contribution in [0.15, 0.2) is 21.5 Å². The fourth-order valence-corrected chi connectivity index (χ4v) is 3.15. The highest BCUT2D eigenvalue weighted by molar-refractivity contribution is 9.10. The van der Waals surface area contributed by atoms with E-state index in [1.807, 2.05) is 14.0 Å². The lowest BCUT2D eigenvalue weighted by Crippen LogP contribution is -2.27. The van der Waals surface area contributed by atoms with Crippen LogP contribution in [-0.4, -0.2) is 32.7 Å². The summed E-state index contributed by atoms with van der Waals surface area (Å²) >= 11 is 3.52. The Bertz CT molecular complexity index is 715. The first-order valence-corrected chi connectivity index (χ1v) is 7.85. The first-order valence-electron chi connectivity index (χ1n) is 7.06. The van der Waals surface area contributed by atoms with E-state index in [1.165, 1.54) is 17.5 Å². The normalized spacial score (nSPS) is 14.9. The van der Waals surface area contributed by atoms with Crippen LogP contribution in [0.5, 0.6) is 0 Å². The molecule has 3 rings (SSSR count). The van der Waals surface area contributed by atoms with E-state index in [0.717, 1.165) is 34.6 Å². The van der Waals surface area contributed by atoms with Crippen molar-refractivity contribution >= 4 is 21.6 Å². The van der Waals surface area contributed by atoms with E-state index >= 15 is 0 Å². The molecule has 21 heavy (non-hydrogen) atoms. The van der Waals surface area contributed by atoms with Crippen LogP contribution in [0.2, 0.25) is 0 Å². The summed E-state index contributed by atoms with van der Waals surface area (Å²) in [6, 6.07) is 1.68. The van der Waals surface area contributed by atoms with Crippen molar-refractivity contribution in [2.24, 2.45) is 7.05 Å². The minimum Gasteiger partial charge on any atom is -0.370 e. The maximum Gasteiger partial charge on any atom is 0.269 e. The van der Waals surface area contributed by atoms with Gasteiger partial charge < -0.3 is 4.90 Å². The van der Waals surface area contributed by atoms with Gasteiger partial charge in [0.2, 0.25) is 0 Å². The van der Waals surface area contributed by atoms with Crippen LogP contribution in [-0.2, 0) is 13.6 Å². The van der Waals surface area contributed by atoms with E-state index in [9.17, 15) is 4.79 Å². The number of aromatic nitrogens is 4. The van der Waals surface area contributed by atoms with Crippen LogP contribution in [0.25, 0.3) is 0 Å². The quantitative estimate of drug-likeness (QED) is 0.844. The molecule has 0 amide bonds. The van der Waals surface area contributed by atoms with E-state index in [4.69, 9.17) is 0 Å². The molecule has 112 valence electrons. The van der Waals surface area contributed by atoms with Gasteiger partial charge in [0, 0.05) is 26.2 Å². The van der Waals surface area contributed by atoms with E-state index in [-0.39, 0.29) is 5.56 Å². The van der Waals surface area contributed by atoms with Crippen LogP contribution in [0.3, 0.4) is 0 Å². The molecule has 7 heteroatoms. The second-order valence-corrected chi connectivity index (χ2v) is 6.17. The zero-order chi connectivity index (χ0) is 15.0. The second-order valence-electron chi connectivity index (χ2n) is 5.37. The summed E-state index contributed by atoms with van der Waals surface area (Å²) in [5, 5.41) is 8.65. The molecule has 3 heterocycles. The molecule has 1 fully saturated rings. The molecule has 6 nitrogen and oxygen atoms in total. The van der Waals surface area contributed by atoms with E-state index in [0.29, 0.717) is 6.54 Å². The lowest BCUT2D eigenvalue weighted by molar-refractivity contribution is 0.588. The van der Waals surface area contributed by atoms with Gasteiger partial charge in [0.1, 0.15) is 0 Å². The third-order valence-corrected chi connectivity index (χ3v) is 4.92. The summed E-state index contributed by atoms with van der Waals surface area (Å²) < 4.78 is 4.19. The molecule has 2 aromatic heterocycles. The number of rotatable bonds is 3. The summed E-state index contributed by atoms with van der Waals surface area (Å²) in [5.74, 6) is 0. The number of halogens is 1. The lowest BCUT2D eigenvalue weighted by Gasteiger charge is -2.17. The molecule has 0 N–H and O–H groups in total. The Balaban J connectivity index is 1.88. The molecule has 1 aliphatic rings. The monoisotopic (exact) mass is 351 g/mol. The smallest absolute Gasteiger partial charge is 0.269 e.